The molecule has 0 aliphatic heterocycles. The number of aromatic amines is 1. The monoisotopic (exact) mass is 303 g/mol. The van der Waals surface area contributed by atoms with Crippen LogP contribution in [0.1, 0.15) is 28.8 Å². The van der Waals surface area contributed by atoms with Gasteiger partial charge in [-0.25, -0.2) is 4.98 Å². The average molecular weight is 304 g/mol. The zero-order valence-corrected chi connectivity index (χ0v) is 11.4. The van der Waals surface area contributed by atoms with Gasteiger partial charge < -0.3 is 20.5 Å². The molecular weight excluding hydrogens is 293 g/mol. The lowest BCUT2D eigenvalue weighted by molar-refractivity contribution is 0.0991. The van der Waals surface area contributed by atoms with Gasteiger partial charge in [-0.05, 0) is 24.6 Å². The molecule has 1 aromatic heterocycles. The van der Waals surface area contributed by atoms with Crippen LogP contribution in [-0.2, 0) is 4.57 Å². The van der Waals surface area contributed by atoms with Gasteiger partial charge in [0.1, 0.15) is 0 Å². The van der Waals surface area contributed by atoms with Crippen molar-refractivity contribution in [1.82, 2.24) is 9.97 Å². The summed E-state index contributed by atoms with van der Waals surface area (Å²) in [5.41, 5.74) is 5.16. The van der Waals surface area contributed by atoms with E-state index in [1.54, 1.807) is 0 Å². The van der Waals surface area contributed by atoms with E-state index in [-0.39, 0.29) is 16.4 Å². The summed E-state index contributed by atoms with van der Waals surface area (Å²) in [6, 6.07) is 2.89. The number of nitrogens with one attached hydrogen (secondary N) is 1. The SMILES string of the molecule is CC(c1cc2[nH]c(C(N)=O)nc2cc1Cl)P(=O)(O)O. The number of H-pyrrole nitrogens is 1. The van der Waals surface area contributed by atoms with Crippen LogP contribution >= 0.6 is 19.2 Å². The summed E-state index contributed by atoms with van der Waals surface area (Å²) in [4.78, 5) is 36.0. The van der Waals surface area contributed by atoms with Crippen molar-refractivity contribution in [3.05, 3.63) is 28.5 Å². The van der Waals surface area contributed by atoms with Crippen molar-refractivity contribution in [2.75, 3.05) is 0 Å². The van der Waals surface area contributed by atoms with Crippen LogP contribution in [0.2, 0.25) is 5.02 Å². The third-order valence-corrected chi connectivity index (χ3v) is 4.40. The van der Waals surface area contributed by atoms with Gasteiger partial charge in [0, 0.05) is 5.02 Å². The van der Waals surface area contributed by atoms with Crippen molar-refractivity contribution in [3.63, 3.8) is 0 Å². The molecule has 2 aromatic rings. The molecule has 0 aliphatic carbocycles. The van der Waals surface area contributed by atoms with Crippen molar-refractivity contribution < 1.29 is 19.1 Å². The largest absolute Gasteiger partial charge is 0.363 e. The summed E-state index contributed by atoms with van der Waals surface area (Å²) in [6.07, 6.45) is 0. The van der Waals surface area contributed by atoms with Crippen molar-refractivity contribution in [1.29, 1.82) is 0 Å². The number of nitrogens with zero attached hydrogens (tertiary/aromatic N) is 1. The van der Waals surface area contributed by atoms with E-state index >= 15 is 0 Å². The smallest absolute Gasteiger partial charge is 0.332 e. The normalized spacial score (nSPS) is 13.7. The van der Waals surface area contributed by atoms with Crippen LogP contribution in [0.15, 0.2) is 12.1 Å². The maximum absolute atomic E-state index is 11.3. The highest BCUT2D eigenvalue weighted by molar-refractivity contribution is 7.52. The van der Waals surface area contributed by atoms with Crippen LogP contribution in [-0.4, -0.2) is 25.7 Å². The van der Waals surface area contributed by atoms with Gasteiger partial charge in [0.25, 0.3) is 5.91 Å². The van der Waals surface area contributed by atoms with Crippen molar-refractivity contribution in [3.8, 4) is 0 Å². The number of rotatable bonds is 3. The maximum atomic E-state index is 11.3. The number of halogens is 1. The van der Waals surface area contributed by atoms with E-state index in [4.69, 9.17) is 17.3 Å². The lowest BCUT2D eigenvalue weighted by Crippen LogP contribution is -2.12. The van der Waals surface area contributed by atoms with Gasteiger partial charge >= 0.3 is 7.60 Å². The number of aromatic nitrogens is 2. The molecule has 0 spiro atoms. The van der Waals surface area contributed by atoms with E-state index in [2.05, 4.69) is 9.97 Å². The summed E-state index contributed by atoms with van der Waals surface area (Å²) < 4.78 is 11.3. The zero-order valence-electron chi connectivity index (χ0n) is 9.79. The van der Waals surface area contributed by atoms with Crippen LogP contribution in [0.5, 0.6) is 0 Å². The molecule has 1 unspecified atom stereocenters. The third kappa shape index (κ3) is 2.64. The number of carbonyl (C=O) groups is 1. The Bertz CT molecular complexity index is 708. The molecule has 0 aliphatic rings. The van der Waals surface area contributed by atoms with Crippen molar-refractivity contribution in [2.45, 2.75) is 12.6 Å². The highest BCUT2D eigenvalue weighted by Crippen LogP contribution is 2.53. The zero-order chi connectivity index (χ0) is 14.4. The molecule has 9 heteroatoms. The van der Waals surface area contributed by atoms with E-state index in [0.29, 0.717) is 11.0 Å². The first-order valence-electron chi connectivity index (χ1n) is 5.24. The van der Waals surface area contributed by atoms with E-state index in [0.717, 1.165) is 0 Å². The number of amides is 1. The predicted molar refractivity (Wildman–Crippen MR) is 70.1 cm³/mol. The van der Waals surface area contributed by atoms with Crippen LogP contribution in [0.3, 0.4) is 0 Å². The van der Waals surface area contributed by atoms with Gasteiger partial charge in [0.05, 0.1) is 16.7 Å². The van der Waals surface area contributed by atoms with E-state index in [1.807, 2.05) is 0 Å². The first-order valence-corrected chi connectivity index (χ1v) is 7.30. The summed E-state index contributed by atoms with van der Waals surface area (Å²) >= 11 is 5.98. The highest BCUT2D eigenvalue weighted by Gasteiger charge is 2.28. The molecule has 1 amide bonds. The highest BCUT2D eigenvalue weighted by atomic mass is 35.5. The Morgan fingerprint density at radius 1 is 1.53 bits per heavy atom. The molecule has 7 nitrogen and oxygen atoms in total. The van der Waals surface area contributed by atoms with Crippen molar-refractivity contribution >= 4 is 36.1 Å². The summed E-state index contributed by atoms with van der Waals surface area (Å²) in [6.45, 7) is 1.37. The molecular formula is C10H11ClN3O4P. The topological polar surface area (TPSA) is 129 Å². The number of fused-ring (bicyclic) bond motifs is 1. The van der Waals surface area contributed by atoms with Crippen LogP contribution < -0.4 is 5.73 Å². The number of benzene rings is 1. The Labute approximate surface area is 112 Å². The number of primary amides is 1. The van der Waals surface area contributed by atoms with Gasteiger partial charge in [-0.2, -0.15) is 0 Å². The summed E-state index contributed by atoms with van der Waals surface area (Å²) in [5.74, 6) is -0.760. The van der Waals surface area contributed by atoms with Crippen molar-refractivity contribution in [2.24, 2.45) is 5.73 Å². The Balaban J connectivity index is 2.61. The predicted octanol–water partition coefficient (Wildman–Crippen LogP) is 1.55. The minimum absolute atomic E-state index is 0.0351. The fourth-order valence-corrected chi connectivity index (χ4v) is 2.64. The molecule has 0 saturated heterocycles. The average Bonchev–Trinajstić information content (AvgIpc) is 2.68. The van der Waals surface area contributed by atoms with Crippen LogP contribution in [0.4, 0.5) is 0 Å². The number of hydrogen-bond donors (Lipinski definition) is 4. The molecule has 1 heterocycles. The van der Waals surface area contributed by atoms with E-state index in [1.165, 1.54) is 19.1 Å². The molecule has 1 aromatic carbocycles. The Morgan fingerprint density at radius 3 is 2.68 bits per heavy atom. The second-order valence-corrected chi connectivity index (χ2v) is 6.47. The standard InChI is InChI=1S/C10H11ClN3O4P/c1-4(19(16,17)18)5-2-7-8(3-6(5)11)14-10(13-7)9(12)15/h2-4H,1H3,(H2,12,15)(H,13,14)(H2,16,17,18). The fraction of sp³-hybridized carbons (Fsp3) is 0.200. The van der Waals surface area contributed by atoms with Gasteiger partial charge in [0.2, 0.25) is 0 Å². The molecule has 2 rings (SSSR count). The number of nitrogens with two attached hydrogens (primary N) is 1. The second kappa shape index (κ2) is 4.61. The Kier molecular flexibility index (Phi) is 3.40. The number of hydrogen-bond acceptors (Lipinski definition) is 3. The van der Waals surface area contributed by atoms with Crippen LogP contribution in [0.25, 0.3) is 11.0 Å². The Hall–Kier alpha value is -1.40. The second-order valence-electron chi connectivity index (χ2n) is 4.11. The summed E-state index contributed by atoms with van der Waals surface area (Å²) in [7, 11) is -4.31. The Morgan fingerprint density at radius 2 is 2.16 bits per heavy atom. The van der Waals surface area contributed by atoms with Crippen LogP contribution in [0, 0.1) is 0 Å². The third-order valence-electron chi connectivity index (χ3n) is 2.79. The minimum atomic E-state index is -4.31. The van der Waals surface area contributed by atoms with Gasteiger partial charge in [-0.1, -0.05) is 11.6 Å². The molecule has 1 atom stereocenters. The minimum Gasteiger partial charge on any atom is -0.363 e. The molecule has 19 heavy (non-hydrogen) atoms. The number of imidazole rings is 1. The lowest BCUT2D eigenvalue weighted by atomic mass is 10.1. The van der Waals surface area contributed by atoms with Gasteiger partial charge in [-0.15, -0.1) is 0 Å². The maximum Gasteiger partial charge on any atom is 0.332 e. The first kappa shape index (κ1) is 14.0. The molecule has 0 radical (unpaired) electrons. The van der Waals surface area contributed by atoms with Gasteiger partial charge in [0.15, 0.2) is 5.82 Å². The molecule has 102 valence electrons. The molecule has 0 fully saturated rings. The lowest BCUT2D eigenvalue weighted by Gasteiger charge is -2.15. The van der Waals surface area contributed by atoms with E-state index < -0.39 is 19.2 Å². The molecule has 0 saturated carbocycles. The fourth-order valence-electron chi connectivity index (χ4n) is 1.67. The van der Waals surface area contributed by atoms with Gasteiger partial charge in [-0.3, -0.25) is 9.36 Å². The quantitative estimate of drug-likeness (QED) is 0.639. The summed E-state index contributed by atoms with van der Waals surface area (Å²) in [5, 5.41) is 0.172. The first-order chi connectivity index (χ1) is 8.70. The number of carbonyl (C=O) groups excluding carboxylic acids is 1. The molecule has 0 bridgehead atoms. The molecule has 5 N–H and O–H groups in total. The van der Waals surface area contributed by atoms with E-state index in [9.17, 15) is 19.1 Å².